The molecule has 16 heavy (non-hydrogen) atoms. The van der Waals surface area contributed by atoms with Gasteiger partial charge in [0.05, 0.1) is 7.11 Å². The van der Waals surface area contributed by atoms with Gasteiger partial charge in [-0.15, -0.1) is 0 Å². The van der Waals surface area contributed by atoms with E-state index in [1.807, 2.05) is 17.8 Å². The second-order valence-corrected chi connectivity index (χ2v) is 4.93. The Hall–Kier alpha value is -0.480. The van der Waals surface area contributed by atoms with E-state index in [0.717, 1.165) is 6.54 Å². The van der Waals surface area contributed by atoms with Gasteiger partial charge in [-0.2, -0.15) is 11.8 Å². The van der Waals surface area contributed by atoms with Crippen molar-refractivity contribution in [3.8, 4) is 0 Å². The molecule has 0 amide bonds. The number of methoxy groups -OCH3 is 1. The molecule has 0 aromatic heterocycles. The van der Waals surface area contributed by atoms with E-state index in [2.05, 4.69) is 29.9 Å². The number of esters is 1. The molecule has 0 N–H and O–H groups in total. The Kier molecular flexibility index (Phi) is 8.39. The number of hydrogen-bond donors (Lipinski definition) is 0. The number of hydrogen-bond acceptors (Lipinski definition) is 4. The van der Waals surface area contributed by atoms with Crippen molar-refractivity contribution in [1.29, 1.82) is 0 Å². The van der Waals surface area contributed by atoms with Crippen molar-refractivity contribution in [2.75, 3.05) is 32.7 Å². The van der Waals surface area contributed by atoms with E-state index < -0.39 is 0 Å². The van der Waals surface area contributed by atoms with Crippen molar-refractivity contribution in [1.82, 2.24) is 4.90 Å². The standard InChI is InChI=1S/C12H23NO2S/c1-10(12(14)15-4)6-8-13(3)11(2)7-9-16-5/h6,11H,7-9H2,1-5H3. The first kappa shape index (κ1) is 15.5. The van der Waals surface area contributed by atoms with E-state index in [-0.39, 0.29) is 5.97 Å². The number of thioether (sulfide) groups is 1. The van der Waals surface area contributed by atoms with Crippen molar-refractivity contribution in [3.63, 3.8) is 0 Å². The minimum Gasteiger partial charge on any atom is -0.466 e. The molecule has 0 radical (unpaired) electrons. The summed E-state index contributed by atoms with van der Waals surface area (Å²) in [7, 11) is 3.48. The first-order valence-corrected chi connectivity index (χ1v) is 6.86. The molecule has 0 fully saturated rings. The molecule has 3 nitrogen and oxygen atoms in total. The summed E-state index contributed by atoms with van der Waals surface area (Å²) < 4.78 is 4.64. The summed E-state index contributed by atoms with van der Waals surface area (Å²) in [6.45, 7) is 4.78. The first-order valence-electron chi connectivity index (χ1n) is 5.47. The van der Waals surface area contributed by atoms with Crippen LogP contribution in [0.1, 0.15) is 20.3 Å². The molecule has 0 saturated heterocycles. The molecule has 94 valence electrons. The van der Waals surface area contributed by atoms with Crippen LogP contribution in [0.5, 0.6) is 0 Å². The zero-order chi connectivity index (χ0) is 12.6. The third kappa shape index (κ3) is 6.18. The highest BCUT2D eigenvalue weighted by Gasteiger charge is 2.08. The Morgan fingerprint density at radius 3 is 2.69 bits per heavy atom. The molecule has 0 saturated carbocycles. The van der Waals surface area contributed by atoms with Crippen LogP contribution in [0, 0.1) is 0 Å². The van der Waals surface area contributed by atoms with Gasteiger partial charge in [0.25, 0.3) is 0 Å². The summed E-state index contributed by atoms with van der Waals surface area (Å²) in [4.78, 5) is 13.4. The van der Waals surface area contributed by atoms with Gasteiger partial charge >= 0.3 is 5.97 Å². The highest BCUT2D eigenvalue weighted by atomic mass is 32.2. The second-order valence-electron chi connectivity index (χ2n) is 3.95. The number of carbonyl (C=O) groups excluding carboxylic acids is 1. The third-order valence-electron chi connectivity index (χ3n) is 2.69. The highest BCUT2D eigenvalue weighted by Crippen LogP contribution is 2.06. The van der Waals surface area contributed by atoms with Gasteiger partial charge in [-0.25, -0.2) is 4.79 Å². The van der Waals surface area contributed by atoms with Crippen LogP contribution >= 0.6 is 11.8 Å². The quantitative estimate of drug-likeness (QED) is 0.508. The fourth-order valence-electron chi connectivity index (χ4n) is 1.21. The lowest BCUT2D eigenvalue weighted by Crippen LogP contribution is -2.30. The fourth-order valence-corrected chi connectivity index (χ4v) is 1.79. The number of ether oxygens (including phenoxy) is 1. The molecule has 0 heterocycles. The maximum absolute atomic E-state index is 11.2. The molecule has 1 atom stereocenters. The third-order valence-corrected chi connectivity index (χ3v) is 3.33. The molecular weight excluding hydrogens is 222 g/mol. The maximum atomic E-state index is 11.2. The van der Waals surface area contributed by atoms with E-state index in [1.54, 1.807) is 6.92 Å². The molecule has 0 rings (SSSR count). The van der Waals surface area contributed by atoms with Crippen LogP contribution < -0.4 is 0 Å². The highest BCUT2D eigenvalue weighted by molar-refractivity contribution is 7.98. The van der Waals surface area contributed by atoms with Crippen LogP contribution in [0.3, 0.4) is 0 Å². The van der Waals surface area contributed by atoms with Crippen molar-refractivity contribution in [2.45, 2.75) is 26.3 Å². The summed E-state index contributed by atoms with van der Waals surface area (Å²) >= 11 is 1.86. The van der Waals surface area contributed by atoms with Crippen molar-refractivity contribution in [2.24, 2.45) is 0 Å². The first-order chi connectivity index (χ1) is 7.52. The minimum absolute atomic E-state index is 0.245. The smallest absolute Gasteiger partial charge is 0.333 e. The summed E-state index contributed by atoms with van der Waals surface area (Å²) in [6, 6.07) is 0.536. The van der Waals surface area contributed by atoms with Gasteiger partial charge < -0.3 is 4.74 Å². The summed E-state index contributed by atoms with van der Waals surface area (Å²) in [5.74, 6) is 0.927. The fraction of sp³-hybridized carbons (Fsp3) is 0.750. The van der Waals surface area contributed by atoms with Crippen molar-refractivity contribution in [3.05, 3.63) is 11.6 Å². The predicted molar refractivity (Wildman–Crippen MR) is 70.9 cm³/mol. The molecule has 0 aromatic carbocycles. The molecule has 1 unspecified atom stereocenters. The number of nitrogens with zero attached hydrogens (tertiary/aromatic N) is 1. The lowest BCUT2D eigenvalue weighted by atomic mass is 10.2. The molecule has 0 aliphatic carbocycles. The molecule has 0 bridgehead atoms. The topological polar surface area (TPSA) is 29.5 Å². The number of rotatable bonds is 7. The van der Waals surface area contributed by atoms with Crippen LogP contribution in [0.25, 0.3) is 0 Å². The SMILES string of the molecule is COC(=O)C(C)=CCN(C)C(C)CCSC. The summed E-state index contributed by atoms with van der Waals surface area (Å²) in [5, 5.41) is 0. The van der Waals surface area contributed by atoms with E-state index in [1.165, 1.54) is 19.3 Å². The average molecular weight is 245 g/mol. The van der Waals surface area contributed by atoms with Crippen LogP contribution in [0.15, 0.2) is 11.6 Å². The maximum Gasteiger partial charge on any atom is 0.333 e. The normalized spacial score (nSPS) is 14.0. The van der Waals surface area contributed by atoms with Crippen LogP contribution in [-0.4, -0.2) is 49.6 Å². The lowest BCUT2D eigenvalue weighted by molar-refractivity contribution is -0.136. The van der Waals surface area contributed by atoms with Gasteiger partial charge in [-0.05, 0) is 39.3 Å². The Labute approximate surface area is 103 Å². The van der Waals surface area contributed by atoms with Gasteiger partial charge in [-0.1, -0.05) is 6.08 Å². The predicted octanol–water partition coefficient (Wildman–Crippen LogP) is 2.18. The number of likely N-dealkylation sites (N-methyl/N-ethyl adjacent to an activating group) is 1. The van der Waals surface area contributed by atoms with Gasteiger partial charge in [0.15, 0.2) is 0 Å². The molecule has 0 aromatic rings. The van der Waals surface area contributed by atoms with Crippen LogP contribution in [-0.2, 0) is 9.53 Å². The van der Waals surface area contributed by atoms with Crippen LogP contribution in [0.4, 0.5) is 0 Å². The largest absolute Gasteiger partial charge is 0.466 e. The summed E-state index contributed by atoms with van der Waals surface area (Å²) in [6.07, 6.45) is 5.21. The molecular formula is C12H23NO2S. The lowest BCUT2D eigenvalue weighted by Gasteiger charge is -2.23. The van der Waals surface area contributed by atoms with Gasteiger partial charge in [0.2, 0.25) is 0 Å². The molecule has 0 aliphatic heterocycles. The zero-order valence-electron chi connectivity index (χ0n) is 10.9. The van der Waals surface area contributed by atoms with Gasteiger partial charge in [0.1, 0.15) is 0 Å². The molecule has 4 heteroatoms. The Morgan fingerprint density at radius 1 is 1.56 bits per heavy atom. The van der Waals surface area contributed by atoms with E-state index in [0.29, 0.717) is 11.6 Å². The average Bonchev–Trinajstić information content (AvgIpc) is 2.31. The second kappa shape index (κ2) is 8.65. The van der Waals surface area contributed by atoms with Crippen molar-refractivity contribution >= 4 is 17.7 Å². The molecule has 0 aliphatic rings. The Bertz CT molecular complexity index is 241. The van der Waals surface area contributed by atoms with E-state index in [9.17, 15) is 4.79 Å². The zero-order valence-corrected chi connectivity index (χ0v) is 11.8. The van der Waals surface area contributed by atoms with Gasteiger partial charge in [-0.3, -0.25) is 4.90 Å². The minimum atomic E-state index is -0.245. The summed E-state index contributed by atoms with van der Waals surface area (Å²) in [5.41, 5.74) is 0.673. The number of carbonyl (C=O) groups is 1. The Morgan fingerprint density at radius 2 is 2.19 bits per heavy atom. The van der Waals surface area contributed by atoms with Crippen molar-refractivity contribution < 1.29 is 9.53 Å². The Balaban J connectivity index is 4.04. The molecule has 0 spiro atoms. The van der Waals surface area contributed by atoms with E-state index >= 15 is 0 Å². The van der Waals surface area contributed by atoms with E-state index in [4.69, 9.17) is 0 Å². The van der Waals surface area contributed by atoms with Gasteiger partial charge in [0, 0.05) is 18.2 Å². The monoisotopic (exact) mass is 245 g/mol. The van der Waals surface area contributed by atoms with Crippen LogP contribution in [0.2, 0.25) is 0 Å².